The zero-order valence-electron chi connectivity index (χ0n) is 17.4. The first-order valence-corrected chi connectivity index (χ1v) is 11.0. The minimum absolute atomic E-state index is 0.174. The van der Waals surface area contributed by atoms with Crippen molar-refractivity contribution in [2.75, 3.05) is 27.8 Å². The third-order valence-electron chi connectivity index (χ3n) is 5.39. The van der Waals surface area contributed by atoms with Crippen molar-refractivity contribution in [2.24, 2.45) is 0 Å². The van der Waals surface area contributed by atoms with Gasteiger partial charge in [0.1, 0.15) is 5.82 Å². The molecule has 1 fully saturated rings. The Morgan fingerprint density at radius 1 is 1.00 bits per heavy atom. The Morgan fingerprint density at radius 2 is 1.81 bits per heavy atom. The molecule has 8 heteroatoms. The lowest BCUT2D eigenvalue weighted by Gasteiger charge is -2.26. The number of aromatic nitrogens is 2. The predicted octanol–water partition coefficient (Wildman–Crippen LogP) is 5.90. The second kappa shape index (κ2) is 8.39. The van der Waals surface area contributed by atoms with Crippen LogP contribution in [0.3, 0.4) is 0 Å². The maximum atomic E-state index is 13.7. The van der Waals surface area contributed by atoms with Gasteiger partial charge in [-0.2, -0.15) is 0 Å². The number of benzene rings is 2. The largest absolute Gasteiger partial charge is 0.329 e. The van der Waals surface area contributed by atoms with Crippen molar-refractivity contribution in [2.45, 2.75) is 6.92 Å². The van der Waals surface area contributed by atoms with E-state index in [-0.39, 0.29) is 11.8 Å². The molecule has 160 valence electrons. The smallest absolute Gasteiger partial charge is 0.292 e. The zero-order valence-corrected chi connectivity index (χ0v) is 18.2. The summed E-state index contributed by atoms with van der Waals surface area (Å²) in [5, 5.41) is 2.74. The fraction of sp³-hybridized carbons (Fsp3) is 0.125. The van der Waals surface area contributed by atoms with E-state index in [0.29, 0.717) is 18.8 Å². The number of hydrogen-bond donors (Lipinski definition) is 0. The number of pyridine rings is 1. The standard InChI is InChI=1S/C24H20FN5OS/c1-17-7-8-20(29-12-11-28(24(29)31)19-5-2-4-18(25)14-19)15-22(17)30(23-27-10-13-32-23)21-6-3-9-26-16-21/h2-10,13-16H,11-12H2,1H3. The van der Waals surface area contributed by atoms with Gasteiger partial charge >= 0.3 is 6.03 Å². The fourth-order valence-corrected chi connectivity index (χ4v) is 4.51. The summed E-state index contributed by atoms with van der Waals surface area (Å²) in [6.45, 7) is 3.03. The second-order valence-corrected chi connectivity index (χ2v) is 8.27. The van der Waals surface area contributed by atoms with Gasteiger partial charge in [0.05, 0.1) is 17.6 Å². The Kier molecular flexibility index (Phi) is 5.28. The summed E-state index contributed by atoms with van der Waals surface area (Å²) in [5.74, 6) is -0.359. The van der Waals surface area contributed by atoms with Crippen LogP contribution in [0.4, 0.5) is 37.1 Å². The molecule has 1 aliphatic heterocycles. The van der Waals surface area contributed by atoms with Gasteiger partial charge in [-0.25, -0.2) is 14.2 Å². The van der Waals surface area contributed by atoms with Crippen molar-refractivity contribution < 1.29 is 9.18 Å². The minimum atomic E-state index is -0.359. The quantitative estimate of drug-likeness (QED) is 0.384. The van der Waals surface area contributed by atoms with Crippen LogP contribution in [-0.4, -0.2) is 29.1 Å². The SMILES string of the molecule is Cc1ccc(N2CCN(c3cccc(F)c3)C2=O)cc1N(c1cccnc1)c1nccs1. The molecule has 0 aliphatic carbocycles. The molecule has 3 heterocycles. The van der Waals surface area contributed by atoms with E-state index in [2.05, 4.69) is 9.97 Å². The van der Waals surface area contributed by atoms with Crippen molar-refractivity contribution in [1.82, 2.24) is 9.97 Å². The first-order chi connectivity index (χ1) is 15.6. The summed E-state index contributed by atoms with van der Waals surface area (Å²) < 4.78 is 13.7. The van der Waals surface area contributed by atoms with Gasteiger partial charge in [0, 0.05) is 42.2 Å². The van der Waals surface area contributed by atoms with Crippen LogP contribution in [-0.2, 0) is 0 Å². The number of carbonyl (C=O) groups is 1. The highest BCUT2D eigenvalue weighted by Gasteiger charge is 2.31. The van der Waals surface area contributed by atoms with Gasteiger partial charge < -0.3 is 0 Å². The molecule has 2 aromatic heterocycles. The molecular formula is C24H20FN5OS. The Labute approximate surface area is 189 Å². The molecule has 2 aromatic carbocycles. The maximum absolute atomic E-state index is 13.7. The summed E-state index contributed by atoms with van der Waals surface area (Å²) in [6, 6.07) is 15.7. The molecule has 0 N–H and O–H groups in total. The van der Waals surface area contributed by atoms with Crippen molar-refractivity contribution in [3.63, 3.8) is 0 Å². The highest BCUT2D eigenvalue weighted by Crippen LogP contribution is 2.39. The Balaban J connectivity index is 1.52. The van der Waals surface area contributed by atoms with E-state index in [1.54, 1.807) is 40.5 Å². The van der Waals surface area contributed by atoms with Crippen LogP contribution in [0.5, 0.6) is 0 Å². The molecule has 0 saturated carbocycles. The Bertz CT molecular complexity index is 1250. The molecule has 0 radical (unpaired) electrons. The van der Waals surface area contributed by atoms with Crippen LogP contribution in [0.15, 0.2) is 78.6 Å². The van der Waals surface area contributed by atoms with Crippen LogP contribution >= 0.6 is 11.3 Å². The van der Waals surface area contributed by atoms with Crippen LogP contribution in [0.2, 0.25) is 0 Å². The van der Waals surface area contributed by atoms with Gasteiger partial charge in [-0.05, 0) is 55.0 Å². The van der Waals surface area contributed by atoms with E-state index >= 15 is 0 Å². The van der Waals surface area contributed by atoms with Gasteiger partial charge in [-0.1, -0.05) is 12.1 Å². The van der Waals surface area contributed by atoms with E-state index in [4.69, 9.17) is 0 Å². The summed E-state index contributed by atoms with van der Waals surface area (Å²) in [6.07, 6.45) is 5.29. The minimum Gasteiger partial charge on any atom is -0.292 e. The molecule has 0 atom stereocenters. The second-order valence-electron chi connectivity index (χ2n) is 7.40. The van der Waals surface area contributed by atoms with Crippen LogP contribution in [0.1, 0.15) is 5.56 Å². The van der Waals surface area contributed by atoms with Crippen molar-refractivity contribution >= 4 is 45.2 Å². The third kappa shape index (κ3) is 3.69. The highest BCUT2D eigenvalue weighted by molar-refractivity contribution is 7.13. The van der Waals surface area contributed by atoms with E-state index in [1.165, 1.54) is 23.5 Å². The van der Waals surface area contributed by atoms with Crippen LogP contribution < -0.4 is 14.7 Å². The maximum Gasteiger partial charge on any atom is 0.329 e. The van der Waals surface area contributed by atoms with E-state index in [0.717, 1.165) is 27.8 Å². The van der Waals surface area contributed by atoms with Gasteiger partial charge in [-0.3, -0.25) is 19.7 Å². The lowest BCUT2D eigenvalue weighted by molar-refractivity contribution is 0.256. The monoisotopic (exact) mass is 445 g/mol. The average Bonchev–Trinajstić information content (AvgIpc) is 3.46. The molecule has 0 bridgehead atoms. The zero-order chi connectivity index (χ0) is 22.1. The number of hydrogen-bond acceptors (Lipinski definition) is 5. The topological polar surface area (TPSA) is 52.6 Å². The summed E-state index contributed by atoms with van der Waals surface area (Å²) in [5.41, 5.74) is 4.19. The number of anilines is 5. The summed E-state index contributed by atoms with van der Waals surface area (Å²) in [7, 11) is 0. The van der Waals surface area contributed by atoms with Crippen LogP contribution in [0, 0.1) is 12.7 Å². The molecule has 2 amide bonds. The average molecular weight is 446 g/mol. The number of nitrogens with zero attached hydrogens (tertiary/aromatic N) is 5. The Morgan fingerprint density at radius 3 is 2.50 bits per heavy atom. The lowest BCUT2D eigenvalue weighted by atomic mass is 10.1. The molecular weight excluding hydrogens is 425 g/mol. The Hall–Kier alpha value is -3.78. The third-order valence-corrected chi connectivity index (χ3v) is 6.15. The van der Waals surface area contributed by atoms with Crippen LogP contribution in [0.25, 0.3) is 0 Å². The van der Waals surface area contributed by atoms with Gasteiger partial charge in [0.25, 0.3) is 0 Å². The number of amides is 2. The van der Waals surface area contributed by atoms with Gasteiger partial charge in [0.15, 0.2) is 5.13 Å². The summed E-state index contributed by atoms with van der Waals surface area (Å²) in [4.78, 5) is 27.3. The van der Waals surface area contributed by atoms with Gasteiger partial charge in [-0.15, -0.1) is 11.3 Å². The van der Waals surface area contributed by atoms with E-state index in [1.807, 2.05) is 47.5 Å². The highest BCUT2D eigenvalue weighted by atomic mass is 32.1. The molecule has 0 unspecified atom stereocenters. The van der Waals surface area contributed by atoms with Crippen molar-refractivity contribution in [3.8, 4) is 0 Å². The number of carbonyl (C=O) groups excluding carboxylic acids is 1. The molecule has 1 aliphatic rings. The normalized spacial score (nSPS) is 13.6. The first-order valence-electron chi connectivity index (χ1n) is 10.2. The molecule has 5 rings (SSSR count). The number of aryl methyl sites for hydroxylation is 1. The lowest BCUT2D eigenvalue weighted by Crippen LogP contribution is -2.31. The summed E-state index contributed by atoms with van der Waals surface area (Å²) >= 11 is 1.53. The van der Waals surface area contributed by atoms with Crippen molar-refractivity contribution in [3.05, 3.63) is 89.9 Å². The molecule has 0 spiro atoms. The van der Waals surface area contributed by atoms with Gasteiger partial charge in [0.2, 0.25) is 0 Å². The number of urea groups is 1. The molecule has 32 heavy (non-hydrogen) atoms. The van der Waals surface area contributed by atoms with Crippen molar-refractivity contribution in [1.29, 1.82) is 0 Å². The van der Waals surface area contributed by atoms with E-state index in [9.17, 15) is 9.18 Å². The first kappa shape index (κ1) is 20.1. The fourth-order valence-electron chi connectivity index (χ4n) is 3.83. The predicted molar refractivity (Wildman–Crippen MR) is 126 cm³/mol. The number of halogens is 1. The molecule has 4 aromatic rings. The van der Waals surface area contributed by atoms with E-state index < -0.39 is 0 Å². The number of thiazole rings is 1. The molecule has 6 nitrogen and oxygen atoms in total. The number of rotatable bonds is 5. The molecule has 1 saturated heterocycles.